The van der Waals surface area contributed by atoms with Crippen molar-refractivity contribution in [1.82, 2.24) is 44.2 Å². The molecule has 1 saturated heterocycles. The summed E-state index contributed by atoms with van der Waals surface area (Å²) in [5.74, 6) is -0.551. The van der Waals surface area contributed by atoms with E-state index in [1.807, 2.05) is 23.3 Å². The van der Waals surface area contributed by atoms with Crippen molar-refractivity contribution in [1.29, 1.82) is 0 Å². The highest BCUT2D eigenvalue weighted by Gasteiger charge is 2.41. The number of methoxy groups -OCH3 is 1. The van der Waals surface area contributed by atoms with Gasteiger partial charge in [0.2, 0.25) is 11.9 Å². The maximum Gasteiger partial charge on any atom is 0.245 e. The molecule has 4 aromatic heterocycles. The number of likely N-dealkylation sites (N-methyl/N-ethyl adjacent to an activating group) is 1. The Morgan fingerprint density at radius 1 is 1.00 bits per heavy atom. The number of hydrogen-bond donors (Lipinski definition) is 1. The van der Waals surface area contributed by atoms with Crippen LogP contribution >= 0.6 is 0 Å². The van der Waals surface area contributed by atoms with Crippen LogP contribution in [0.4, 0.5) is 24.9 Å². The molecule has 4 bridgehead atoms. The molecular formula is C36H36F3N11O3. The first kappa shape index (κ1) is 34.4. The van der Waals surface area contributed by atoms with Crippen molar-refractivity contribution < 1.29 is 27.4 Å². The second kappa shape index (κ2) is 13.7. The van der Waals surface area contributed by atoms with Gasteiger partial charge < -0.3 is 29.2 Å². The van der Waals surface area contributed by atoms with Crippen molar-refractivity contribution in [3.05, 3.63) is 77.9 Å². The van der Waals surface area contributed by atoms with Gasteiger partial charge in [-0.05, 0) is 44.5 Å². The third-order valence-electron chi connectivity index (χ3n) is 9.63. The van der Waals surface area contributed by atoms with E-state index in [0.717, 1.165) is 12.1 Å². The number of rotatable bonds is 6. The molecule has 0 aliphatic carbocycles. The van der Waals surface area contributed by atoms with E-state index in [1.165, 1.54) is 36.2 Å². The lowest BCUT2D eigenvalue weighted by Gasteiger charge is -2.31. The van der Waals surface area contributed by atoms with E-state index >= 15 is 8.78 Å². The second-order valence-electron chi connectivity index (χ2n) is 13.2. The molecule has 0 unspecified atom stereocenters. The topological polar surface area (TPSA) is 141 Å². The number of nitrogens with zero attached hydrogens (tertiary/aromatic N) is 10. The number of ether oxygens (including phenoxy) is 2. The number of amides is 1. The average Bonchev–Trinajstić information content (AvgIpc) is 3.82. The number of carbonyl (C=O) groups is 1. The molecule has 1 amide bonds. The third-order valence-corrected chi connectivity index (χ3v) is 9.63. The lowest BCUT2D eigenvalue weighted by atomic mass is 10.1. The van der Waals surface area contributed by atoms with E-state index in [1.54, 1.807) is 24.2 Å². The van der Waals surface area contributed by atoms with Gasteiger partial charge in [-0.25, -0.2) is 42.8 Å². The molecule has 0 radical (unpaired) electrons. The van der Waals surface area contributed by atoms with Gasteiger partial charge in [-0.2, -0.15) is 5.10 Å². The van der Waals surface area contributed by atoms with Gasteiger partial charge in [0.15, 0.2) is 17.3 Å². The molecule has 14 nitrogen and oxygen atoms in total. The van der Waals surface area contributed by atoms with Crippen LogP contribution in [0, 0.1) is 24.4 Å². The number of nitrogens with one attached hydrogen (secondary N) is 1. The van der Waals surface area contributed by atoms with E-state index in [4.69, 9.17) is 19.4 Å². The predicted molar refractivity (Wildman–Crippen MR) is 189 cm³/mol. The molecule has 17 heteroatoms. The van der Waals surface area contributed by atoms with E-state index in [0.29, 0.717) is 64.8 Å². The Hall–Kier alpha value is -5.68. The number of aromatic nitrogens is 8. The molecule has 8 rings (SSSR count). The summed E-state index contributed by atoms with van der Waals surface area (Å²) in [6, 6.07) is 6.70. The number of aryl methyl sites for hydroxylation is 1. The van der Waals surface area contributed by atoms with Gasteiger partial charge in [-0.3, -0.25) is 4.79 Å². The Bertz CT molecular complexity index is 2370. The molecule has 3 atom stereocenters. The molecule has 2 aliphatic rings. The smallest absolute Gasteiger partial charge is 0.245 e. The number of fused-ring (bicyclic) bond motifs is 6. The van der Waals surface area contributed by atoms with E-state index in [2.05, 4.69) is 25.4 Å². The zero-order valence-electron chi connectivity index (χ0n) is 29.4. The average molecular weight is 728 g/mol. The Balaban J connectivity index is 1.25. The largest absolute Gasteiger partial charge is 0.377 e. The Morgan fingerprint density at radius 3 is 2.64 bits per heavy atom. The summed E-state index contributed by atoms with van der Waals surface area (Å²) in [4.78, 5) is 41.5. The lowest BCUT2D eigenvalue weighted by molar-refractivity contribution is -0.133. The SMILES string of the molecule is CCO[C@H]1CN(C)C(=O)[C@@H]2C[C@@H](CN2c2nc(COC)nc3c2cnn3-c2ccc(F)cc2F)Nc2nccc(n2)-c2cc(F)cc3nc(C)n(c23)C1. The predicted octanol–water partition coefficient (Wildman–Crippen LogP) is 4.43. The monoisotopic (exact) mass is 727 g/mol. The molecule has 0 saturated carbocycles. The fraction of sp³-hybridized carbons (Fsp3) is 0.361. The summed E-state index contributed by atoms with van der Waals surface area (Å²) in [7, 11) is 3.24. The molecule has 6 heterocycles. The summed E-state index contributed by atoms with van der Waals surface area (Å²) < 4.78 is 58.8. The Morgan fingerprint density at radius 2 is 1.85 bits per heavy atom. The minimum absolute atomic E-state index is 0.00459. The van der Waals surface area contributed by atoms with Crippen molar-refractivity contribution in [3.8, 4) is 16.9 Å². The minimum Gasteiger partial charge on any atom is -0.377 e. The third kappa shape index (κ3) is 6.28. The van der Waals surface area contributed by atoms with Crippen molar-refractivity contribution in [2.24, 2.45) is 0 Å². The van der Waals surface area contributed by atoms with Crippen LogP contribution in [-0.4, -0.2) is 102 Å². The first-order valence-corrected chi connectivity index (χ1v) is 17.2. The molecule has 53 heavy (non-hydrogen) atoms. The Kier molecular flexibility index (Phi) is 8.90. The highest BCUT2D eigenvalue weighted by Crippen LogP contribution is 2.35. The number of halogens is 3. The van der Waals surface area contributed by atoms with Crippen LogP contribution in [-0.2, 0) is 27.4 Å². The number of benzene rings is 2. The molecule has 0 spiro atoms. The van der Waals surface area contributed by atoms with Gasteiger partial charge in [0.25, 0.3) is 0 Å². The van der Waals surface area contributed by atoms with Crippen LogP contribution in [0.25, 0.3) is 39.0 Å². The fourth-order valence-corrected chi connectivity index (χ4v) is 7.37. The van der Waals surface area contributed by atoms with Crippen LogP contribution in [0.1, 0.15) is 25.0 Å². The van der Waals surface area contributed by atoms with E-state index in [-0.39, 0.29) is 48.8 Å². The van der Waals surface area contributed by atoms with Gasteiger partial charge in [-0.15, -0.1) is 0 Å². The summed E-state index contributed by atoms with van der Waals surface area (Å²) in [6.45, 7) is 5.04. The standard InChI is InChI=1S/C36H36F3N11O3/c1-5-53-23-16-47(3)35(51)30-13-22(43-36-40-9-8-27(44-36)24-10-21(38)12-28-32(24)48(17-23)19(2)42-28)15-49(30)33-25-14-41-50(29-7-6-20(37)11-26(29)39)34(25)46-31(45-33)18-52-4/h6-12,14,22-23,30H,5,13,15-18H2,1-4H3,(H,40,43,44)/t22-,23-,30-/m0/s1. The number of anilines is 2. The summed E-state index contributed by atoms with van der Waals surface area (Å²) in [5.41, 5.74) is 2.49. The molecular weight excluding hydrogens is 691 g/mol. The van der Waals surface area contributed by atoms with Crippen LogP contribution in [0.15, 0.2) is 48.8 Å². The molecule has 274 valence electrons. The maximum atomic E-state index is 15.0. The summed E-state index contributed by atoms with van der Waals surface area (Å²) in [6.07, 6.45) is 3.01. The number of imidazole rings is 1. The van der Waals surface area contributed by atoms with Crippen molar-refractivity contribution >= 4 is 39.7 Å². The quantitative estimate of drug-likeness (QED) is 0.261. The number of carbonyl (C=O) groups excluding carboxylic acids is 1. The summed E-state index contributed by atoms with van der Waals surface area (Å²) in [5, 5.41) is 8.28. The maximum absolute atomic E-state index is 15.0. The fourth-order valence-electron chi connectivity index (χ4n) is 7.37. The van der Waals surface area contributed by atoms with Crippen LogP contribution < -0.4 is 10.2 Å². The van der Waals surface area contributed by atoms with Crippen molar-refractivity contribution in [2.45, 2.75) is 51.6 Å². The number of hydrogen-bond acceptors (Lipinski definition) is 11. The van der Waals surface area contributed by atoms with E-state index < -0.39 is 29.6 Å². The molecule has 1 fully saturated rings. The second-order valence-corrected chi connectivity index (χ2v) is 13.2. The van der Waals surface area contributed by atoms with Gasteiger partial charge in [0, 0.05) is 63.8 Å². The first-order chi connectivity index (χ1) is 25.6. The van der Waals surface area contributed by atoms with E-state index in [9.17, 15) is 9.18 Å². The highest BCUT2D eigenvalue weighted by molar-refractivity contribution is 5.94. The zero-order valence-corrected chi connectivity index (χ0v) is 29.4. The first-order valence-electron chi connectivity index (χ1n) is 17.2. The van der Waals surface area contributed by atoms with Crippen LogP contribution in [0.5, 0.6) is 0 Å². The molecule has 2 aromatic carbocycles. The van der Waals surface area contributed by atoms with Crippen molar-refractivity contribution in [3.63, 3.8) is 0 Å². The van der Waals surface area contributed by atoms with Gasteiger partial charge in [-0.1, -0.05) is 0 Å². The highest BCUT2D eigenvalue weighted by atomic mass is 19.1. The normalized spacial score (nSPS) is 19.2. The molecule has 1 N–H and O–H groups in total. The lowest BCUT2D eigenvalue weighted by Crippen LogP contribution is -2.47. The van der Waals surface area contributed by atoms with Gasteiger partial charge in [0.05, 0.1) is 41.0 Å². The minimum atomic E-state index is -0.820. The molecule has 6 aromatic rings. The Labute approximate surface area is 301 Å². The molecule has 2 aliphatic heterocycles. The van der Waals surface area contributed by atoms with Crippen molar-refractivity contribution in [2.75, 3.05) is 44.1 Å². The summed E-state index contributed by atoms with van der Waals surface area (Å²) >= 11 is 0. The van der Waals surface area contributed by atoms with Gasteiger partial charge >= 0.3 is 0 Å². The van der Waals surface area contributed by atoms with Gasteiger partial charge in [0.1, 0.15) is 41.6 Å². The van der Waals surface area contributed by atoms with Crippen LogP contribution in [0.3, 0.4) is 0 Å². The van der Waals surface area contributed by atoms with Crippen LogP contribution in [0.2, 0.25) is 0 Å². The zero-order chi connectivity index (χ0) is 37.0.